The van der Waals surface area contributed by atoms with Gasteiger partial charge in [-0.15, -0.1) is 0 Å². The number of primary amides is 1. The minimum Gasteiger partial charge on any atom is -0.508 e. The summed E-state index contributed by atoms with van der Waals surface area (Å²) in [7, 11) is 0. The van der Waals surface area contributed by atoms with Crippen LogP contribution in [0.5, 0.6) is 5.75 Å². The Hall–Kier alpha value is -8.86. The molecular weight excluding hydrogens is 1020 g/mol. The van der Waals surface area contributed by atoms with Crippen LogP contribution in [0.2, 0.25) is 0 Å². The lowest BCUT2D eigenvalue weighted by Crippen LogP contribution is -2.60. The molecule has 424 valence electrons. The van der Waals surface area contributed by atoms with Crippen molar-refractivity contribution >= 4 is 58.2 Å². The van der Waals surface area contributed by atoms with Gasteiger partial charge in [0.25, 0.3) is 0 Å². The van der Waals surface area contributed by atoms with Gasteiger partial charge >= 0.3 is 0 Å². The topological polar surface area (TPSA) is 343 Å². The Morgan fingerprint density at radius 2 is 1.24 bits per heavy atom. The second kappa shape index (κ2) is 28.1. The molecule has 0 unspecified atom stereocenters. The summed E-state index contributed by atoms with van der Waals surface area (Å²) in [6, 6.07) is 15.2. The fourth-order valence-corrected chi connectivity index (χ4v) is 9.63. The first kappa shape index (κ1) is 58.8. The molecule has 6 aromatic rings. The Bertz CT molecular complexity index is 3040. The Morgan fingerprint density at radius 1 is 0.637 bits per heavy atom. The highest BCUT2D eigenvalue weighted by molar-refractivity contribution is 5.97. The van der Waals surface area contributed by atoms with E-state index in [0.717, 1.165) is 22.0 Å². The standard InChI is InChI=1S/C57H72N14O9/c1-33(2)50(56(79)66-34(3)52(75)69-48(26-40-29-60-32-64-40)57(80)71-22-10-13-41(71)30-62-45(51(58)74)23-37-16-19-42(72)20-17-37)70-53(76)35(4)65-54(77)46(24-38-27-61-44-15-9-8-14-43(38)44)68-55(78)47(25-39-28-59-31-63-39)67-49(73)21-18-36-11-6-5-7-12-36/h5-9,11-12,14-17,19-20,27-29,31-35,41,45-48,50,61-62,72H,10,13,18,21-26,30H2,1-4H3,(H2,58,74)(H,59,63)(H,60,64)(H,65,77)(H,66,79)(H,67,73)(H,68,78)(H,69,75)(H,70,76)/t34-,35+,41-,45-,46+,47+,48+,50+/m1/s1. The Kier molecular flexibility index (Phi) is 20.7. The summed E-state index contributed by atoms with van der Waals surface area (Å²) in [5, 5.41) is 30.3. The van der Waals surface area contributed by atoms with Crippen LogP contribution in [0, 0.1) is 5.92 Å². The number of fused-ring (bicyclic) bond motifs is 1. The van der Waals surface area contributed by atoms with Crippen LogP contribution in [0.3, 0.4) is 0 Å². The molecule has 1 aliphatic rings. The second-order valence-corrected chi connectivity index (χ2v) is 20.6. The van der Waals surface area contributed by atoms with Crippen molar-refractivity contribution in [2.45, 2.75) is 127 Å². The number of H-pyrrole nitrogens is 3. The van der Waals surface area contributed by atoms with Crippen molar-refractivity contribution in [3.8, 4) is 5.75 Å². The van der Waals surface area contributed by atoms with Crippen LogP contribution in [0.4, 0.5) is 0 Å². The average Bonchev–Trinajstić information content (AvgIpc) is 4.31. The summed E-state index contributed by atoms with van der Waals surface area (Å²) in [6.45, 7) is 6.92. The molecule has 3 aromatic carbocycles. The number of phenolic OH excluding ortho intramolecular Hbond substituents is 1. The number of carbonyl (C=O) groups excluding carboxylic acids is 8. The zero-order valence-electron chi connectivity index (χ0n) is 45.3. The number of nitrogens with two attached hydrogens (primary N) is 1. The van der Waals surface area contributed by atoms with E-state index in [0.29, 0.717) is 42.8 Å². The van der Waals surface area contributed by atoms with Crippen LogP contribution in [-0.4, -0.2) is 144 Å². The SMILES string of the molecule is CC(C)[C@H](NC(=O)[C@H](C)NC(=O)[C@H](Cc1c[nH]c2ccccc12)NC(=O)[C@H](Cc1cnc[nH]1)NC(=O)CCc1ccccc1)C(=O)N[C@H](C)C(=O)N[C@@H](Cc1cnc[nH]1)C(=O)N1CCC[C@@H]1CN[C@H](Cc1ccc(O)cc1)C(N)=O. The molecule has 1 saturated heterocycles. The van der Waals surface area contributed by atoms with Gasteiger partial charge in [-0.2, -0.15) is 0 Å². The van der Waals surface area contributed by atoms with Gasteiger partial charge < -0.3 is 67.9 Å². The van der Waals surface area contributed by atoms with Crippen LogP contribution >= 0.6 is 0 Å². The number of carbonyl (C=O) groups is 8. The molecule has 8 amide bonds. The summed E-state index contributed by atoms with van der Waals surface area (Å²) < 4.78 is 0. The van der Waals surface area contributed by atoms with E-state index in [1.807, 2.05) is 54.6 Å². The maximum Gasteiger partial charge on any atom is 0.245 e. The number of nitrogens with zero attached hydrogens (tertiary/aromatic N) is 3. The number of imidazole rings is 2. The Balaban J connectivity index is 0.980. The number of rotatable bonds is 28. The molecular formula is C57H72N14O9. The van der Waals surface area contributed by atoms with Gasteiger partial charge in [0.1, 0.15) is 42.0 Å². The highest BCUT2D eigenvalue weighted by Crippen LogP contribution is 2.22. The summed E-state index contributed by atoms with van der Waals surface area (Å²) >= 11 is 0. The number of aromatic hydroxyl groups is 1. The molecule has 1 aliphatic heterocycles. The van der Waals surface area contributed by atoms with Crippen molar-refractivity contribution in [3.05, 3.63) is 138 Å². The number of aromatic amines is 3. The van der Waals surface area contributed by atoms with Gasteiger partial charge in [0.2, 0.25) is 47.3 Å². The number of nitrogens with one attached hydrogen (secondary N) is 10. The van der Waals surface area contributed by atoms with Crippen LogP contribution in [0.25, 0.3) is 10.9 Å². The van der Waals surface area contributed by atoms with Crippen molar-refractivity contribution in [3.63, 3.8) is 0 Å². The van der Waals surface area contributed by atoms with E-state index >= 15 is 0 Å². The first-order chi connectivity index (χ1) is 38.4. The molecule has 8 atom stereocenters. The number of likely N-dealkylation sites (tertiary alicyclic amines) is 1. The van der Waals surface area contributed by atoms with Crippen LogP contribution in [0.1, 0.15) is 75.0 Å². The van der Waals surface area contributed by atoms with Gasteiger partial charge in [0, 0.05) is 85.7 Å². The Morgan fingerprint density at radius 3 is 1.89 bits per heavy atom. The van der Waals surface area contributed by atoms with E-state index in [2.05, 4.69) is 62.1 Å². The van der Waals surface area contributed by atoms with Crippen LogP contribution < -0.4 is 43.0 Å². The number of aryl methyl sites for hydroxylation is 1. The number of para-hydroxylation sites is 1. The van der Waals surface area contributed by atoms with Gasteiger partial charge in [0.05, 0.1) is 18.7 Å². The summed E-state index contributed by atoms with van der Waals surface area (Å²) in [5.74, 6) is -5.23. The number of hydrogen-bond donors (Lipinski definition) is 12. The number of hydrogen-bond acceptors (Lipinski definition) is 12. The summed E-state index contributed by atoms with van der Waals surface area (Å²) in [4.78, 5) is 130. The zero-order valence-corrected chi connectivity index (χ0v) is 45.3. The average molecular weight is 1100 g/mol. The maximum atomic E-state index is 14.4. The molecule has 0 aliphatic carbocycles. The predicted molar refractivity (Wildman–Crippen MR) is 297 cm³/mol. The van der Waals surface area contributed by atoms with E-state index in [4.69, 9.17) is 5.73 Å². The van der Waals surface area contributed by atoms with Gasteiger partial charge in [-0.05, 0) is 80.3 Å². The van der Waals surface area contributed by atoms with Crippen molar-refractivity contribution < 1.29 is 43.5 Å². The minimum atomic E-state index is -1.25. The predicted octanol–water partition coefficient (Wildman–Crippen LogP) is 1.26. The molecule has 23 heteroatoms. The summed E-state index contributed by atoms with van der Waals surface area (Å²) in [6.07, 6.45) is 9.90. The smallest absolute Gasteiger partial charge is 0.245 e. The second-order valence-electron chi connectivity index (χ2n) is 20.6. The largest absolute Gasteiger partial charge is 0.508 e. The molecule has 4 heterocycles. The number of amides is 8. The monoisotopic (exact) mass is 1100 g/mol. The molecule has 23 nitrogen and oxygen atoms in total. The molecule has 13 N–H and O–H groups in total. The molecule has 0 radical (unpaired) electrons. The van der Waals surface area contributed by atoms with Crippen molar-refractivity contribution in [1.29, 1.82) is 0 Å². The minimum absolute atomic E-state index is 0.00377. The van der Waals surface area contributed by atoms with E-state index in [-0.39, 0.29) is 62.3 Å². The fourth-order valence-electron chi connectivity index (χ4n) is 9.63. The lowest BCUT2D eigenvalue weighted by atomic mass is 10.0. The van der Waals surface area contributed by atoms with Crippen LogP contribution in [-0.2, 0) is 70.5 Å². The zero-order chi connectivity index (χ0) is 57.3. The maximum absolute atomic E-state index is 14.4. The van der Waals surface area contributed by atoms with Gasteiger partial charge in [-0.25, -0.2) is 9.97 Å². The highest BCUT2D eigenvalue weighted by atomic mass is 16.3. The van der Waals surface area contributed by atoms with Gasteiger partial charge in [-0.1, -0.05) is 74.5 Å². The third kappa shape index (κ3) is 16.6. The third-order valence-electron chi connectivity index (χ3n) is 14.2. The van der Waals surface area contributed by atoms with E-state index in [9.17, 15) is 43.5 Å². The molecule has 3 aromatic heterocycles. The molecule has 80 heavy (non-hydrogen) atoms. The van der Waals surface area contributed by atoms with Gasteiger partial charge in [-0.3, -0.25) is 38.4 Å². The Labute approximate surface area is 463 Å². The highest BCUT2D eigenvalue weighted by Gasteiger charge is 2.37. The van der Waals surface area contributed by atoms with Crippen molar-refractivity contribution in [2.24, 2.45) is 11.7 Å². The quantitative estimate of drug-likeness (QED) is 0.0331. The molecule has 1 fully saturated rings. The summed E-state index contributed by atoms with van der Waals surface area (Å²) in [5.41, 5.74) is 10.1. The number of benzene rings is 3. The molecule has 0 bridgehead atoms. The first-order valence-corrected chi connectivity index (χ1v) is 26.9. The lowest BCUT2D eigenvalue weighted by molar-refractivity contribution is -0.138. The van der Waals surface area contributed by atoms with E-state index in [1.54, 1.807) is 37.1 Å². The fraction of sp³-hybridized carbons (Fsp3) is 0.404. The van der Waals surface area contributed by atoms with Crippen LogP contribution in [0.15, 0.2) is 110 Å². The van der Waals surface area contributed by atoms with E-state index in [1.165, 1.54) is 51.0 Å². The normalized spacial score (nSPS) is 15.9. The molecule has 0 spiro atoms. The molecule has 0 saturated carbocycles. The van der Waals surface area contributed by atoms with E-state index < -0.39 is 83.7 Å². The lowest BCUT2D eigenvalue weighted by Gasteiger charge is -2.31. The van der Waals surface area contributed by atoms with Crippen molar-refractivity contribution in [2.75, 3.05) is 13.1 Å². The van der Waals surface area contributed by atoms with Crippen molar-refractivity contribution in [1.82, 2.24) is 67.0 Å². The third-order valence-corrected chi connectivity index (χ3v) is 14.2. The van der Waals surface area contributed by atoms with Gasteiger partial charge in [0.15, 0.2) is 0 Å². The first-order valence-electron chi connectivity index (χ1n) is 26.9. The number of phenols is 1. The molecule has 7 rings (SSSR count). The number of aromatic nitrogens is 5.